The van der Waals surface area contributed by atoms with Gasteiger partial charge in [-0.1, -0.05) is 17.7 Å². The Labute approximate surface area is 121 Å². The van der Waals surface area contributed by atoms with Crippen LogP contribution in [-0.2, 0) is 12.8 Å². The molecule has 1 aromatic carbocycles. The molecule has 0 bridgehead atoms. The van der Waals surface area contributed by atoms with E-state index in [0.717, 1.165) is 42.9 Å². The van der Waals surface area contributed by atoms with Crippen LogP contribution in [0.5, 0.6) is 0 Å². The fourth-order valence-corrected chi connectivity index (χ4v) is 2.58. The van der Waals surface area contributed by atoms with Crippen molar-refractivity contribution in [3.63, 3.8) is 0 Å². The van der Waals surface area contributed by atoms with Gasteiger partial charge >= 0.3 is 5.69 Å². The smallest absolute Gasteiger partial charge is 0.340 e. The van der Waals surface area contributed by atoms with Crippen molar-refractivity contribution in [2.45, 2.75) is 12.8 Å². The topological polar surface area (TPSA) is 69.8 Å². The van der Waals surface area contributed by atoms with E-state index in [2.05, 4.69) is 20.6 Å². The highest BCUT2D eigenvalue weighted by molar-refractivity contribution is 6.30. The maximum atomic E-state index is 11.7. The molecule has 1 aliphatic rings. The van der Waals surface area contributed by atoms with Crippen molar-refractivity contribution in [3.8, 4) is 0 Å². The predicted octanol–water partition coefficient (Wildman–Crippen LogP) is 1.86. The molecular formula is C14H15ClN4O. The maximum absolute atomic E-state index is 11.7. The van der Waals surface area contributed by atoms with E-state index in [1.54, 1.807) is 0 Å². The Balaban J connectivity index is 2.00. The molecule has 0 spiro atoms. The van der Waals surface area contributed by atoms with Crippen molar-refractivity contribution < 1.29 is 0 Å². The average Bonchev–Trinajstić information content (AvgIpc) is 2.64. The first kappa shape index (κ1) is 13.1. The lowest BCUT2D eigenvalue weighted by atomic mass is 10.1. The normalized spacial score (nSPS) is 14.4. The zero-order valence-electron chi connectivity index (χ0n) is 10.9. The number of anilines is 2. The first-order valence-corrected chi connectivity index (χ1v) is 6.95. The van der Waals surface area contributed by atoms with Crippen molar-refractivity contribution in [3.05, 3.63) is 51.0 Å². The van der Waals surface area contributed by atoms with Crippen LogP contribution in [0.15, 0.2) is 29.1 Å². The van der Waals surface area contributed by atoms with Gasteiger partial charge in [0.05, 0.1) is 0 Å². The second-order valence-corrected chi connectivity index (χ2v) is 5.17. The molecule has 5 nitrogen and oxygen atoms in total. The van der Waals surface area contributed by atoms with Gasteiger partial charge in [0.15, 0.2) is 0 Å². The van der Waals surface area contributed by atoms with Crippen molar-refractivity contribution in [1.82, 2.24) is 15.3 Å². The molecule has 3 rings (SSSR count). The van der Waals surface area contributed by atoms with Gasteiger partial charge < -0.3 is 15.6 Å². The summed E-state index contributed by atoms with van der Waals surface area (Å²) in [4.78, 5) is 18.6. The number of nitrogens with zero attached hydrogens (tertiary/aromatic N) is 1. The Bertz CT molecular complexity index is 683. The van der Waals surface area contributed by atoms with Crippen LogP contribution in [0.1, 0.15) is 11.3 Å². The number of hydrogen-bond donors (Lipinski definition) is 3. The number of nitrogens with one attached hydrogen (secondary N) is 3. The zero-order valence-corrected chi connectivity index (χ0v) is 11.6. The Morgan fingerprint density at radius 1 is 1.25 bits per heavy atom. The summed E-state index contributed by atoms with van der Waals surface area (Å²) >= 11 is 5.97. The summed E-state index contributed by atoms with van der Waals surface area (Å²) in [6.07, 6.45) is 1.64. The molecule has 0 amide bonds. The van der Waals surface area contributed by atoms with E-state index in [4.69, 9.17) is 11.6 Å². The molecule has 0 radical (unpaired) electrons. The predicted molar refractivity (Wildman–Crippen MR) is 79.9 cm³/mol. The van der Waals surface area contributed by atoms with E-state index in [1.807, 2.05) is 24.3 Å². The van der Waals surface area contributed by atoms with Gasteiger partial charge in [0.1, 0.15) is 5.82 Å². The van der Waals surface area contributed by atoms with E-state index in [9.17, 15) is 4.79 Å². The fraction of sp³-hybridized carbons (Fsp3) is 0.286. The molecule has 0 unspecified atom stereocenters. The first-order chi connectivity index (χ1) is 9.72. The number of H-pyrrole nitrogens is 1. The van der Waals surface area contributed by atoms with E-state index in [0.29, 0.717) is 10.8 Å². The number of aromatic amines is 1. The Morgan fingerprint density at radius 3 is 2.95 bits per heavy atom. The molecule has 6 heteroatoms. The molecule has 0 fully saturated rings. The lowest BCUT2D eigenvalue weighted by Crippen LogP contribution is -2.18. The number of hydrogen-bond acceptors (Lipinski definition) is 4. The van der Waals surface area contributed by atoms with E-state index in [-0.39, 0.29) is 5.69 Å². The largest absolute Gasteiger partial charge is 0.347 e. The van der Waals surface area contributed by atoms with Crippen LogP contribution < -0.4 is 16.3 Å². The van der Waals surface area contributed by atoms with Crippen LogP contribution in [0.2, 0.25) is 5.02 Å². The molecule has 1 aliphatic heterocycles. The molecule has 2 aromatic rings. The maximum Gasteiger partial charge on any atom is 0.347 e. The molecule has 0 saturated heterocycles. The molecule has 104 valence electrons. The lowest BCUT2D eigenvalue weighted by molar-refractivity contribution is 0.708. The number of rotatable bonds is 2. The van der Waals surface area contributed by atoms with Gasteiger partial charge in [0.25, 0.3) is 0 Å². The van der Waals surface area contributed by atoms with Crippen molar-refractivity contribution in [2.24, 2.45) is 0 Å². The van der Waals surface area contributed by atoms with Gasteiger partial charge in [-0.3, -0.25) is 0 Å². The molecule has 0 atom stereocenters. The average molecular weight is 291 g/mol. The van der Waals surface area contributed by atoms with E-state index in [1.165, 1.54) is 0 Å². The van der Waals surface area contributed by atoms with Gasteiger partial charge in [-0.05, 0) is 31.2 Å². The van der Waals surface area contributed by atoms with Gasteiger partial charge in [-0.25, -0.2) is 4.79 Å². The van der Waals surface area contributed by atoms with Crippen molar-refractivity contribution in [1.29, 1.82) is 0 Å². The second-order valence-electron chi connectivity index (χ2n) is 4.73. The van der Waals surface area contributed by atoms with Crippen LogP contribution >= 0.6 is 11.6 Å². The van der Waals surface area contributed by atoms with Gasteiger partial charge in [-0.15, -0.1) is 0 Å². The second kappa shape index (κ2) is 5.64. The number of fused-ring (bicyclic) bond motifs is 1. The van der Waals surface area contributed by atoms with E-state index < -0.39 is 0 Å². The summed E-state index contributed by atoms with van der Waals surface area (Å²) < 4.78 is 0. The third-order valence-corrected chi connectivity index (χ3v) is 3.55. The standard InChI is InChI=1S/C14H15ClN4O/c15-9-2-1-3-10(8-9)17-13-11-4-6-16-7-5-12(11)18-14(20)19-13/h1-3,8,16H,4-7H2,(H2,17,18,19,20). The van der Waals surface area contributed by atoms with Crippen LogP contribution in [0.4, 0.5) is 11.5 Å². The SMILES string of the molecule is O=c1nc(Nc2cccc(Cl)c2)c2c([nH]1)CCNCC2. The Morgan fingerprint density at radius 2 is 2.10 bits per heavy atom. The zero-order chi connectivity index (χ0) is 13.9. The highest BCUT2D eigenvalue weighted by atomic mass is 35.5. The summed E-state index contributed by atoms with van der Waals surface area (Å²) in [5.74, 6) is 0.620. The van der Waals surface area contributed by atoms with Crippen LogP contribution in [0.3, 0.4) is 0 Å². The summed E-state index contributed by atoms with van der Waals surface area (Å²) in [5, 5.41) is 7.16. The van der Waals surface area contributed by atoms with E-state index >= 15 is 0 Å². The number of aromatic nitrogens is 2. The third kappa shape index (κ3) is 2.84. The molecule has 2 heterocycles. The van der Waals surface area contributed by atoms with Gasteiger partial charge in [0, 0.05) is 34.9 Å². The van der Waals surface area contributed by atoms with Crippen LogP contribution in [0.25, 0.3) is 0 Å². The number of benzene rings is 1. The minimum atomic E-state index is -0.324. The van der Waals surface area contributed by atoms with Gasteiger partial charge in [-0.2, -0.15) is 4.98 Å². The summed E-state index contributed by atoms with van der Waals surface area (Å²) in [5.41, 5.74) is 2.53. The van der Waals surface area contributed by atoms with Crippen molar-refractivity contribution in [2.75, 3.05) is 18.4 Å². The minimum absolute atomic E-state index is 0.324. The summed E-state index contributed by atoms with van der Waals surface area (Å²) in [7, 11) is 0. The Kier molecular flexibility index (Phi) is 3.71. The van der Waals surface area contributed by atoms with Gasteiger partial charge in [0.2, 0.25) is 0 Å². The molecule has 3 N–H and O–H groups in total. The van der Waals surface area contributed by atoms with Crippen molar-refractivity contribution >= 4 is 23.1 Å². The first-order valence-electron chi connectivity index (χ1n) is 6.58. The molecule has 0 saturated carbocycles. The molecule has 1 aromatic heterocycles. The summed E-state index contributed by atoms with van der Waals surface area (Å²) in [6.45, 7) is 1.74. The molecule has 20 heavy (non-hydrogen) atoms. The Hall–Kier alpha value is -1.85. The van der Waals surface area contributed by atoms with Crippen LogP contribution in [-0.4, -0.2) is 23.1 Å². The lowest BCUT2D eigenvalue weighted by Gasteiger charge is -2.12. The highest BCUT2D eigenvalue weighted by Crippen LogP contribution is 2.23. The molecular weight excluding hydrogens is 276 g/mol. The minimum Gasteiger partial charge on any atom is -0.340 e. The molecule has 0 aliphatic carbocycles. The highest BCUT2D eigenvalue weighted by Gasteiger charge is 2.15. The monoisotopic (exact) mass is 290 g/mol. The fourth-order valence-electron chi connectivity index (χ4n) is 2.39. The summed E-state index contributed by atoms with van der Waals surface area (Å²) in [6, 6.07) is 7.38. The third-order valence-electron chi connectivity index (χ3n) is 3.31. The number of halogens is 1. The quantitative estimate of drug-likeness (QED) is 0.789. The van der Waals surface area contributed by atoms with Crippen LogP contribution in [0, 0.1) is 0 Å².